The Morgan fingerprint density at radius 3 is 2.45 bits per heavy atom. The highest BCUT2D eigenvalue weighted by molar-refractivity contribution is 6.30. The molecule has 2 heterocycles. The fraction of sp³-hybridized carbons (Fsp3) is 0.480. The van der Waals surface area contributed by atoms with Crippen LogP contribution in [-0.2, 0) is 11.2 Å². The first-order chi connectivity index (χ1) is 14.8. The highest BCUT2D eigenvalue weighted by atomic mass is 35.5. The lowest BCUT2D eigenvalue weighted by molar-refractivity contribution is 0.0201. The minimum Gasteiger partial charge on any atom is -0.489 e. The molecule has 0 unspecified atom stereocenters. The lowest BCUT2D eigenvalue weighted by Crippen LogP contribution is -2.54. The molecule has 5 nitrogen and oxygen atoms in total. The Bertz CT molecular complexity index is 902. The molecular formula is C25H31ClN2O3. The average molecular weight is 443 g/mol. The van der Waals surface area contributed by atoms with Gasteiger partial charge in [0, 0.05) is 24.2 Å². The van der Waals surface area contributed by atoms with E-state index in [2.05, 4.69) is 29.2 Å². The van der Waals surface area contributed by atoms with Gasteiger partial charge in [-0.1, -0.05) is 35.9 Å². The molecular weight excluding hydrogens is 412 g/mol. The Labute approximate surface area is 189 Å². The summed E-state index contributed by atoms with van der Waals surface area (Å²) in [7, 11) is 0. The monoisotopic (exact) mass is 442 g/mol. The summed E-state index contributed by atoms with van der Waals surface area (Å²) in [4.78, 5) is 16.9. The second-order valence-corrected chi connectivity index (χ2v) is 9.81. The number of carbonyl (C=O) groups is 1. The van der Waals surface area contributed by atoms with E-state index < -0.39 is 5.60 Å². The molecule has 2 aromatic carbocycles. The maximum atomic E-state index is 12.5. The van der Waals surface area contributed by atoms with E-state index in [1.807, 2.05) is 49.9 Å². The van der Waals surface area contributed by atoms with Crippen LogP contribution in [0.1, 0.15) is 39.2 Å². The molecule has 0 spiro atoms. The van der Waals surface area contributed by atoms with E-state index >= 15 is 0 Å². The van der Waals surface area contributed by atoms with E-state index in [4.69, 9.17) is 21.1 Å². The van der Waals surface area contributed by atoms with Gasteiger partial charge < -0.3 is 19.3 Å². The number of halogens is 1. The van der Waals surface area contributed by atoms with Crippen molar-refractivity contribution in [1.82, 2.24) is 4.90 Å². The maximum Gasteiger partial charge on any atom is 0.410 e. The number of nitrogens with zero attached hydrogens (tertiary/aromatic N) is 2. The number of ether oxygens (including phenoxy) is 2. The smallest absolute Gasteiger partial charge is 0.410 e. The summed E-state index contributed by atoms with van der Waals surface area (Å²) in [6, 6.07) is 16.9. The maximum absolute atomic E-state index is 12.5. The molecule has 1 saturated heterocycles. The highest BCUT2D eigenvalue weighted by Gasteiger charge is 2.36. The minimum atomic E-state index is -0.471. The van der Waals surface area contributed by atoms with Gasteiger partial charge in [-0.15, -0.1) is 0 Å². The quantitative estimate of drug-likeness (QED) is 0.625. The van der Waals surface area contributed by atoms with Crippen molar-refractivity contribution >= 4 is 23.4 Å². The number of amides is 1. The highest BCUT2D eigenvalue weighted by Crippen LogP contribution is 2.38. The molecule has 2 aromatic rings. The van der Waals surface area contributed by atoms with Crippen LogP contribution in [0.3, 0.4) is 0 Å². The van der Waals surface area contributed by atoms with Gasteiger partial charge in [-0.05, 0) is 69.9 Å². The summed E-state index contributed by atoms with van der Waals surface area (Å²) < 4.78 is 11.7. The molecule has 0 aliphatic carbocycles. The number of carbonyl (C=O) groups excluding carboxylic acids is 1. The number of anilines is 1. The molecule has 1 fully saturated rings. The average Bonchev–Trinajstić information content (AvgIpc) is 2.74. The van der Waals surface area contributed by atoms with Crippen molar-refractivity contribution in [2.24, 2.45) is 0 Å². The topological polar surface area (TPSA) is 42.0 Å². The van der Waals surface area contributed by atoms with Crippen molar-refractivity contribution in [3.8, 4) is 5.75 Å². The van der Waals surface area contributed by atoms with Gasteiger partial charge in [-0.25, -0.2) is 4.79 Å². The van der Waals surface area contributed by atoms with Crippen molar-refractivity contribution in [2.75, 3.05) is 24.6 Å². The Morgan fingerprint density at radius 2 is 1.77 bits per heavy atom. The lowest BCUT2D eigenvalue weighted by atomic mass is 9.96. The third-order valence-electron chi connectivity index (χ3n) is 5.86. The first-order valence-corrected chi connectivity index (χ1v) is 11.4. The van der Waals surface area contributed by atoms with E-state index in [1.165, 1.54) is 5.56 Å². The van der Waals surface area contributed by atoms with E-state index in [9.17, 15) is 4.79 Å². The van der Waals surface area contributed by atoms with Crippen molar-refractivity contribution in [1.29, 1.82) is 0 Å². The van der Waals surface area contributed by atoms with Crippen molar-refractivity contribution in [2.45, 2.75) is 57.7 Å². The molecule has 0 N–H and O–H groups in total. The molecule has 166 valence electrons. The number of para-hydroxylation sites is 2. The summed E-state index contributed by atoms with van der Waals surface area (Å²) in [5.41, 5.74) is 1.91. The summed E-state index contributed by atoms with van der Waals surface area (Å²) >= 11 is 6.07. The zero-order chi connectivity index (χ0) is 22.0. The van der Waals surface area contributed by atoms with Crippen LogP contribution in [0.5, 0.6) is 5.75 Å². The van der Waals surface area contributed by atoms with E-state index in [-0.39, 0.29) is 12.1 Å². The van der Waals surface area contributed by atoms with Crippen LogP contribution in [-0.4, -0.2) is 48.4 Å². The molecule has 2 aliphatic rings. The molecule has 0 aromatic heterocycles. The van der Waals surface area contributed by atoms with Gasteiger partial charge >= 0.3 is 6.09 Å². The fourth-order valence-corrected chi connectivity index (χ4v) is 4.58. The number of likely N-dealkylation sites (tertiary alicyclic amines) is 1. The first kappa shape index (κ1) is 21.8. The van der Waals surface area contributed by atoms with Gasteiger partial charge in [0.15, 0.2) is 0 Å². The number of benzene rings is 2. The van der Waals surface area contributed by atoms with Crippen LogP contribution in [0.4, 0.5) is 10.5 Å². The normalized spacial score (nSPS) is 19.5. The standard InChI is InChI=1S/C25H31ClN2O3/c1-25(2,3)31-24(29)27-14-12-20(13-15-27)28-21(16-18-8-10-19(26)11-9-18)17-30-23-7-5-4-6-22(23)28/h4-11,20-21H,12-17H2,1-3H3/t21-/m0/s1. The Morgan fingerprint density at radius 1 is 1.10 bits per heavy atom. The summed E-state index contributed by atoms with van der Waals surface area (Å²) in [6.07, 6.45) is 2.48. The minimum absolute atomic E-state index is 0.217. The number of rotatable bonds is 3. The molecule has 4 rings (SSSR count). The van der Waals surface area contributed by atoms with Crippen LogP contribution in [0.25, 0.3) is 0 Å². The third kappa shape index (κ3) is 5.27. The molecule has 6 heteroatoms. The van der Waals surface area contributed by atoms with E-state index in [0.717, 1.165) is 35.7 Å². The SMILES string of the molecule is CC(C)(C)OC(=O)N1CCC(N2c3ccccc3OC[C@@H]2Cc2ccc(Cl)cc2)CC1. The zero-order valence-electron chi connectivity index (χ0n) is 18.5. The number of hydrogen-bond donors (Lipinski definition) is 0. The van der Waals surface area contributed by atoms with E-state index in [0.29, 0.717) is 25.7 Å². The van der Waals surface area contributed by atoms with Gasteiger partial charge in [0.1, 0.15) is 18.0 Å². The van der Waals surface area contributed by atoms with Gasteiger partial charge in [0.25, 0.3) is 0 Å². The molecule has 0 bridgehead atoms. The third-order valence-corrected chi connectivity index (χ3v) is 6.11. The van der Waals surface area contributed by atoms with Crippen LogP contribution in [0.2, 0.25) is 5.02 Å². The van der Waals surface area contributed by atoms with E-state index in [1.54, 1.807) is 0 Å². The van der Waals surface area contributed by atoms with Crippen molar-refractivity contribution < 1.29 is 14.3 Å². The van der Waals surface area contributed by atoms with Gasteiger partial charge in [0.05, 0.1) is 11.7 Å². The first-order valence-electron chi connectivity index (χ1n) is 11.0. The predicted molar refractivity (Wildman–Crippen MR) is 124 cm³/mol. The molecule has 31 heavy (non-hydrogen) atoms. The second-order valence-electron chi connectivity index (χ2n) is 9.37. The Balaban J connectivity index is 1.50. The van der Waals surface area contributed by atoms with Crippen molar-refractivity contribution in [3.05, 3.63) is 59.1 Å². The Kier molecular flexibility index (Phi) is 6.33. The number of hydrogen-bond acceptors (Lipinski definition) is 4. The van der Waals surface area contributed by atoms with Crippen molar-refractivity contribution in [3.63, 3.8) is 0 Å². The molecule has 1 amide bonds. The summed E-state index contributed by atoms with van der Waals surface area (Å²) in [5, 5.41) is 0.750. The number of fused-ring (bicyclic) bond motifs is 1. The van der Waals surface area contributed by atoms with Crippen LogP contribution in [0, 0.1) is 0 Å². The van der Waals surface area contributed by atoms with Crippen LogP contribution < -0.4 is 9.64 Å². The second kappa shape index (κ2) is 8.99. The van der Waals surface area contributed by atoms with Gasteiger partial charge in [-0.2, -0.15) is 0 Å². The van der Waals surface area contributed by atoms with Gasteiger partial charge in [-0.3, -0.25) is 0 Å². The largest absolute Gasteiger partial charge is 0.489 e. The van der Waals surface area contributed by atoms with Gasteiger partial charge in [0.2, 0.25) is 0 Å². The Hall–Kier alpha value is -2.40. The molecule has 0 saturated carbocycles. The molecule has 0 radical (unpaired) electrons. The molecule has 1 atom stereocenters. The lowest BCUT2D eigenvalue weighted by Gasteiger charge is -2.46. The fourth-order valence-electron chi connectivity index (χ4n) is 4.45. The zero-order valence-corrected chi connectivity index (χ0v) is 19.3. The van der Waals surface area contributed by atoms with Crippen LogP contribution >= 0.6 is 11.6 Å². The van der Waals surface area contributed by atoms with Crippen LogP contribution in [0.15, 0.2) is 48.5 Å². The molecule has 2 aliphatic heterocycles. The number of piperidine rings is 1. The predicted octanol–water partition coefficient (Wildman–Crippen LogP) is 5.55. The summed E-state index contributed by atoms with van der Waals surface area (Å²) in [6.45, 7) is 7.77. The summed E-state index contributed by atoms with van der Waals surface area (Å²) in [5.74, 6) is 0.935.